The van der Waals surface area contributed by atoms with Crippen LogP contribution in [0.1, 0.15) is 11.1 Å². The molecule has 0 spiro atoms. The van der Waals surface area contributed by atoms with Crippen LogP contribution in [0.25, 0.3) is 22.2 Å². The molecule has 0 aliphatic carbocycles. The van der Waals surface area contributed by atoms with E-state index in [1.807, 2.05) is 62.4 Å². The Morgan fingerprint density at radius 3 is 2.50 bits per heavy atom. The molecule has 0 bridgehead atoms. The Balaban J connectivity index is 1.74. The fourth-order valence-electron chi connectivity index (χ4n) is 3.38. The number of halogens is 1. The number of anilines is 1. The molecule has 0 saturated heterocycles. The second-order valence-corrected chi connectivity index (χ2v) is 7.64. The molecule has 1 amide bonds. The van der Waals surface area contributed by atoms with Gasteiger partial charge in [-0.3, -0.25) is 9.36 Å². The number of nitrogens with zero attached hydrogens (tertiary/aromatic N) is 2. The second kappa shape index (κ2) is 8.13. The summed E-state index contributed by atoms with van der Waals surface area (Å²) in [4.78, 5) is 29.8. The van der Waals surface area contributed by atoms with Gasteiger partial charge in [0.1, 0.15) is 6.54 Å². The molecule has 6 heteroatoms. The van der Waals surface area contributed by atoms with Crippen LogP contribution in [0.5, 0.6) is 0 Å². The minimum Gasteiger partial charge on any atom is -0.325 e. The van der Waals surface area contributed by atoms with Crippen LogP contribution in [-0.4, -0.2) is 15.5 Å². The first-order chi connectivity index (χ1) is 14.4. The van der Waals surface area contributed by atoms with E-state index < -0.39 is 5.69 Å². The van der Waals surface area contributed by atoms with Gasteiger partial charge in [-0.25, -0.2) is 4.79 Å². The highest BCUT2D eigenvalue weighted by Gasteiger charge is 2.15. The van der Waals surface area contributed by atoms with Crippen molar-refractivity contribution in [1.29, 1.82) is 0 Å². The van der Waals surface area contributed by atoms with Gasteiger partial charge in [0.15, 0.2) is 0 Å². The summed E-state index contributed by atoms with van der Waals surface area (Å²) in [5, 5.41) is 4.10. The van der Waals surface area contributed by atoms with E-state index in [2.05, 4.69) is 10.3 Å². The van der Waals surface area contributed by atoms with Crippen molar-refractivity contribution in [3.8, 4) is 11.3 Å². The standard InChI is InChI=1S/C24H20ClN3O2/c1-15-8-10-19(12-16(15)2)26-22(29)14-28-21-11-9-18(25)13-20(21)23(27-24(28)30)17-6-4-3-5-7-17/h3-13H,14H2,1-2H3,(H,26,29). The summed E-state index contributed by atoms with van der Waals surface area (Å²) in [5.74, 6) is -0.300. The average Bonchev–Trinajstić information content (AvgIpc) is 2.73. The second-order valence-electron chi connectivity index (χ2n) is 7.20. The number of hydrogen-bond acceptors (Lipinski definition) is 3. The van der Waals surface area contributed by atoms with Gasteiger partial charge in [0, 0.05) is 21.7 Å². The van der Waals surface area contributed by atoms with Crippen LogP contribution >= 0.6 is 11.6 Å². The predicted molar refractivity (Wildman–Crippen MR) is 121 cm³/mol. The van der Waals surface area contributed by atoms with Crippen LogP contribution < -0.4 is 11.0 Å². The topological polar surface area (TPSA) is 64.0 Å². The molecule has 0 aliphatic rings. The number of carbonyl (C=O) groups is 1. The van der Waals surface area contributed by atoms with E-state index >= 15 is 0 Å². The molecule has 3 aromatic carbocycles. The molecule has 30 heavy (non-hydrogen) atoms. The zero-order valence-corrected chi connectivity index (χ0v) is 17.4. The number of amides is 1. The highest BCUT2D eigenvalue weighted by Crippen LogP contribution is 2.27. The van der Waals surface area contributed by atoms with E-state index in [-0.39, 0.29) is 12.5 Å². The molecule has 4 aromatic rings. The molecular weight excluding hydrogens is 398 g/mol. The fourth-order valence-corrected chi connectivity index (χ4v) is 3.56. The minimum atomic E-state index is -0.487. The van der Waals surface area contributed by atoms with Gasteiger partial charge < -0.3 is 5.32 Å². The molecule has 0 fully saturated rings. The number of rotatable bonds is 4. The highest BCUT2D eigenvalue weighted by molar-refractivity contribution is 6.31. The number of benzene rings is 3. The largest absolute Gasteiger partial charge is 0.349 e. The minimum absolute atomic E-state index is 0.147. The predicted octanol–water partition coefficient (Wildman–Crippen LogP) is 4.97. The third-order valence-electron chi connectivity index (χ3n) is 5.08. The van der Waals surface area contributed by atoms with Crippen molar-refractivity contribution in [2.45, 2.75) is 20.4 Å². The summed E-state index contributed by atoms with van der Waals surface area (Å²) in [6.45, 7) is 3.85. The number of aromatic nitrogens is 2. The molecule has 0 atom stereocenters. The van der Waals surface area contributed by atoms with Gasteiger partial charge in [-0.2, -0.15) is 4.98 Å². The molecule has 1 aromatic heterocycles. The number of fused-ring (bicyclic) bond motifs is 1. The Morgan fingerprint density at radius 1 is 1.00 bits per heavy atom. The van der Waals surface area contributed by atoms with Gasteiger partial charge in [0.2, 0.25) is 5.91 Å². The zero-order valence-electron chi connectivity index (χ0n) is 16.6. The van der Waals surface area contributed by atoms with Crippen LogP contribution in [0.15, 0.2) is 71.5 Å². The summed E-state index contributed by atoms with van der Waals surface area (Å²) in [6.07, 6.45) is 0. The van der Waals surface area contributed by atoms with Crippen molar-refractivity contribution in [3.05, 3.63) is 93.4 Å². The maximum Gasteiger partial charge on any atom is 0.349 e. The maximum absolute atomic E-state index is 12.8. The van der Waals surface area contributed by atoms with Crippen molar-refractivity contribution in [2.24, 2.45) is 0 Å². The number of hydrogen-bond donors (Lipinski definition) is 1. The number of aryl methyl sites for hydroxylation is 2. The lowest BCUT2D eigenvalue weighted by Gasteiger charge is -2.14. The van der Waals surface area contributed by atoms with Crippen molar-refractivity contribution >= 4 is 34.1 Å². The third-order valence-corrected chi connectivity index (χ3v) is 5.32. The fraction of sp³-hybridized carbons (Fsp3) is 0.125. The Bertz CT molecular complexity index is 1310. The van der Waals surface area contributed by atoms with Crippen molar-refractivity contribution in [2.75, 3.05) is 5.32 Å². The van der Waals surface area contributed by atoms with Crippen LogP contribution in [0.3, 0.4) is 0 Å². The lowest BCUT2D eigenvalue weighted by molar-refractivity contribution is -0.116. The number of nitrogens with one attached hydrogen (secondary N) is 1. The van der Waals surface area contributed by atoms with Gasteiger partial charge in [0.25, 0.3) is 0 Å². The normalized spacial score (nSPS) is 10.9. The van der Waals surface area contributed by atoms with E-state index in [1.165, 1.54) is 4.57 Å². The van der Waals surface area contributed by atoms with Gasteiger partial charge in [-0.05, 0) is 55.3 Å². The maximum atomic E-state index is 12.8. The first-order valence-electron chi connectivity index (χ1n) is 9.55. The molecule has 150 valence electrons. The SMILES string of the molecule is Cc1ccc(NC(=O)Cn2c(=O)nc(-c3ccccc3)c3cc(Cl)ccc32)cc1C. The molecule has 5 nitrogen and oxygen atoms in total. The smallest absolute Gasteiger partial charge is 0.325 e. The van der Waals surface area contributed by atoms with Crippen LogP contribution in [0.2, 0.25) is 5.02 Å². The van der Waals surface area contributed by atoms with Crippen molar-refractivity contribution in [1.82, 2.24) is 9.55 Å². The summed E-state index contributed by atoms with van der Waals surface area (Å²) in [7, 11) is 0. The molecule has 1 heterocycles. The molecule has 0 aliphatic heterocycles. The van der Waals surface area contributed by atoms with Crippen LogP contribution in [0.4, 0.5) is 5.69 Å². The summed E-state index contributed by atoms with van der Waals surface area (Å²) >= 11 is 6.22. The van der Waals surface area contributed by atoms with E-state index in [9.17, 15) is 9.59 Å². The summed E-state index contributed by atoms with van der Waals surface area (Å²) < 4.78 is 1.37. The van der Waals surface area contributed by atoms with E-state index in [0.717, 1.165) is 16.7 Å². The van der Waals surface area contributed by atoms with Gasteiger partial charge in [-0.15, -0.1) is 0 Å². The van der Waals surface area contributed by atoms with Crippen molar-refractivity contribution < 1.29 is 4.79 Å². The Kier molecular flexibility index (Phi) is 5.38. The molecule has 4 rings (SSSR count). The zero-order chi connectivity index (χ0) is 21.3. The van der Waals surface area contributed by atoms with E-state index in [4.69, 9.17) is 11.6 Å². The molecule has 1 N–H and O–H groups in total. The van der Waals surface area contributed by atoms with E-state index in [1.54, 1.807) is 18.2 Å². The number of carbonyl (C=O) groups excluding carboxylic acids is 1. The van der Waals surface area contributed by atoms with E-state index in [0.29, 0.717) is 27.3 Å². The molecule has 0 unspecified atom stereocenters. The summed E-state index contributed by atoms with van der Waals surface area (Å²) in [6, 6.07) is 20.4. The molecular formula is C24H20ClN3O2. The Morgan fingerprint density at radius 2 is 1.77 bits per heavy atom. The quantitative estimate of drug-likeness (QED) is 0.509. The lowest BCUT2D eigenvalue weighted by Crippen LogP contribution is -2.30. The van der Waals surface area contributed by atoms with Crippen LogP contribution in [-0.2, 0) is 11.3 Å². The monoisotopic (exact) mass is 417 g/mol. The van der Waals surface area contributed by atoms with Gasteiger partial charge in [0.05, 0.1) is 11.2 Å². The molecule has 0 saturated carbocycles. The van der Waals surface area contributed by atoms with Gasteiger partial charge in [-0.1, -0.05) is 48.0 Å². The average molecular weight is 418 g/mol. The third kappa shape index (κ3) is 3.98. The van der Waals surface area contributed by atoms with Gasteiger partial charge >= 0.3 is 5.69 Å². The first-order valence-corrected chi connectivity index (χ1v) is 9.93. The van der Waals surface area contributed by atoms with Crippen molar-refractivity contribution in [3.63, 3.8) is 0 Å². The first kappa shape index (κ1) is 19.9. The molecule has 0 radical (unpaired) electrons. The van der Waals surface area contributed by atoms with Crippen LogP contribution in [0, 0.1) is 13.8 Å². The highest BCUT2D eigenvalue weighted by atomic mass is 35.5. The Labute approximate surface area is 179 Å². The summed E-state index contributed by atoms with van der Waals surface area (Å²) in [5.41, 5.74) is 4.40. The Hall–Kier alpha value is -3.44. The lowest BCUT2D eigenvalue weighted by atomic mass is 10.1.